The number of anilines is 2. The van der Waals surface area contributed by atoms with Crippen LogP contribution >= 0.6 is 0 Å². The van der Waals surface area contributed by atoms with E-state index in [0.717, 1.165) is 23.2 Å². The summed E-state index contributed by atoms with van der Waals surface area (Å²) in [6.45, 7) is 1.43. The maximum Gasteiger partial charge on any atom is 0.338 e. The van der Waals surface area contributed by atoms with Crippen LogP contribution in [-0.4, -0.2) is 73.2 Å². The molecule has 0 aromatic heterocycles. The number of carboxylic acids is 2. The molecule has 0 aliphatic rings. The lowest BCUT2D eigenvalue weighted by Crippen LogP contribution is -2.21. The lowest BCUT2D eigenvalue weighted by atomic mass is 9.86. The minimum absolute atomic E-state index is 0.0380. The van der Waals surface area contributed by atoms with Gasteiger partial charge in [0.1, 0.15) is 0 Å². The maximum absolute atomic E-state index is 12.1. The lowest BCUT2D eigenvalue weighted by Gasteiger charge is -2.22. The van der Waals surface area contributed by atoms with Crippen molar-refractivity contribution < 1.29 is 19.8 Å². The third-order valence-electron chi connectivity index (χ3n) is 5.25. The molecule has 31 heavy (non-hydrogen) atoms. The number of aromatic carboxylic acids is 2. The van der Waals surface area contributed by atoms with E-state index in [1.54, 1.807) is 24.3 Å². The van der Waals surface area contributed by atoms with Crippen molar-refractivity contribution >= 4 is 23.3 Å². The molecule has 0 saturated carbocycles. The van der Waals surface area contributed by atoms with Gasteiger partial charge in [-0.2, -0.15) is 0 Å². The van der Waals surface area contributed by atoms with Gasteiger partial charge in [-0.05, 0) is 87.9 Å². The fourth-order valence-electron chi connectivity index (χ4n) is 3.62. The molecule has 0 atom stereocenters. The normalized spacial score (nSPS) is 11.3. The second-order valence-corrected chi connectivity index (χ2v) is 8.27. The minimum Gasteiger partial charge on any atom is -0.478 e. The average Bonchev–Trinajstić information content (AvgIpc) is 2.66. The zero-order valence-corrected chi connectivity index (χ0v) is 18.6. The largest absolute Gasteiger partial charge is 0.478 e. The first-order valence-corrected chi connectivity index (χ1v) is 10.1. The number of benzene rings is 2. The van der Waals surface area contributed by atoms with Crippen molar-refractivity contribution in [1.29, 1.82) is 0 Å². The zero-order valence-electron chi connectivity index (χ0n) is 18.6. The number of carbonyl (C=O) groups is 2. The van der Waals surface area contributed by atoms with Gasteiger partial charge in [0.05, 0.1) is 11.1 Å². The van der Waals surface area contributed by atoms with Gasteiger partial charge in [-0.25, -0.2) is 9.59 Å². The van der Waals surface area contributed by atoms with E-state index in [2.05, 4.69) is 4.90 Å². The van der Waals surface area contributed by atoms with E-state index < -0.39 is 11.9 Å². The van der Waals surface area contributed by atoms with Gasteiger partial charge >= 0.3 is 11.9 Å². The number of hydrogen-bond acceptors (Lipinski definition) is 6. The Kier molecular flexibility index (Phi) is 8.01. The van der Waals surface area contributed by atoms with Crippen LogP contribution in [0, 0.1) is 0 Å². The monoisotopic (exact) mass is 428 g/mol. The highest BCUT2D eigenvalue weighted by Crippen LogP contribution is 2.30. The van der Waals surface area contributed by atoms with Gasteiger partial charge in [0.25, 0.3) is 0 Å². The second-order valence-electron chi connectivity index (χ2n) is 8.27. The van der Waals surface area contributed by atoms with Gasteiger partial charge in [-0.3, -0.25) is 0 Å². The van der Waals surface area contributed by atoms with E-state index in [0.29, 0.717) is 31.4 Å². The first-order chi connectivity index (χ1) is 14.5. The summed E-state index contributed by atoms with van der Waals surface area (Å²) in [5.74, 6) is -2.15. The fourth-order valence-corrected chi connectivity index (χ4v) is 3.62. The average molecular weight is 429 g/mol. The Hall–Kier alpha value is -3.10. The van der Waals surface area contributed by atoms with Gasteiger partial charge in [0.15, 0.2) is 0 Å². The lowest BCUT2D eigenvalue weighted by molar-refractivity contribution is 0.0686. The Morgan fingerprint density at radius 2 is 1.45 bits per heavy atom. The molecule has 0 aliphatic carbocycles. The molecule has 8 heteroatoms. The molecule has 0 fully saturated rings. The van der Waals surface area contributed by atoms with Crippen LogP contribution in [0.15, 0.2) is 24.3 Å². The molecule has 2 aromatic rings. The molecule has 0 aliphatic heterocycles. The van der Waals surface area contributed by atoms with Crippen LogP contribution in [0.2, 0.25) is 0 Å². The van der Waals surface area contributed by atoms with Gasteiger partial charge in [0.2, 0.25) is 0 Å². The molecular formula is C23H32N4O4. The van der Waals surface area contributed by atoms with Crippen molar-refractivity contribution in [2.45, 2.75) is 19.3 Å². The smallest absolute Gasteiger partial charge is 0.338 e. The third-order valence-corrected chi connectivity index (χ3v) is 5.25. The summed E-state index contributed by atoms with van der Waals surface area (Å²) in [4.78, 5) is 27.6. The van der Waals surface area contributed by atoms with Crippen molar-refractivity contribution in [3.8, 4) is 0 Å². The number of carboxylic acid groups (broad SMARTS) is 2. The van der Waals surface area contributed by atoms with Crippen LogP contribution in [0.1, 0.15) is 43.0 Å². The summed E-state index contributed by atoms with van der Waals surface area (Å²) in [6, 6.07) is 6.66. The van der Waals surface area contributed by atoms with Crippen molar-refractivity contribution in [2.75, 3.05) is 52.7 Å². The van der Waals surface area contributed by atoms with E-state index >= 15 is 0 Å². The number of nitrogen functional groups attached to an aromatic ring is 2. The fraction of sp³-hybridized carbons (Fsp3) is 0.391. The number of hydrogen-bond donors (Lipinski definition) is 4. The summed E-state index contributed by atoms with van der Waals surface area (Å²) in [7, 11) is 7.80. The maximum atomic E-state index is 12.1. The van der Waals surface area contributed by atoms with Crippen molar-refractivity contribution in [1.82, 2.24) is 9.80 Å². The summed E-state index contributed by atoms with van der Waals surface area (Å²) < 4.78 is 0. The number of nitrogens with zero attached hydrogens (tertiary/aromatic N) is 2. The van der Waals surface area contributed by atoms with Crippen LogP contribution in [0.25, 0.3) is 0 Å². The molecule has 2 rings (SSSR count). The molecule has 8 nitrogen and oxygen atoms in total. The van der Waals surface area contributed by atoms with Gasteiger partial charge in [-0.1, -0.05) is 6.07 Å². The molecule has 0 bridgehead atoms. The van der Waals surface area contributed by atoms with Crippen molar-refractivity contribution in [3.05, 3.63) is 57.6 Å². The van der Waals surface area contributed by atoms with Crippen LogP contribution in [0.5, 0.6) is 0 Å². The standard InChI is InChI=1S/C23H32N4O4/c1-26(2)9-7-15-13-20(25)21(23(30)31)16(8-10-27(3)4)17(15)11-14-5-6-19(24)18(12-14)22(28)29/h5-6,12-13H,7-11,24-25H2,1-4H3,(H,28,29)(H,30,31). The predicted octanol–water partition coefficient (Wildman–Crippen LogP) is 2.05. The second kappa shape index (κ2) is 10.3. The summed E-state index contributed by atoms with van der Waals surface area (Å²) in [6.07, 6.45) is 1.61. The molecule has 0 unspecified atom stereocenters. The van der Waals surface area contributed by atoms with Crippen LogP contribution in [0.3, 0.4) is 0 Å². The third kappa shape index (κ3) is 6.19. The Morgan fingerprint density at radius 3 is 2.00 bits per heavy atom. The van der Waals surface area contributed by atoms with Crippen molar-refractivity contribution in [2.24, 2.45) is 0 Å². The van der Waals surface area contributed by atoms with E-state index in [4.69, 9.17) is 11.5 Å². The number of nitrogens with two attached hydrogens (primary N) is 2. The topological polar surface area (TPSA) is 133 Å². The summed E-state index contributed by atoms with van der Waals surface area (Å²) in [5, 5.41) is 19.3. The molecule has 6 N–H and O–H groups in total. The highest BCUT2D eigenvalue weighted by Gasteiger charge is 2.22. The Bertz CT molecular complexity index is 971. The SMILES string of the molecule is CN(C)CCc1cc(N)c(C(=O)O)c(CCN(C)C)c1Cc1ccc(N)c(C(=O)O)c1. The van der Waals surface area contributed by atoms with E-state index in [1.807, 2.05) is 33.1 Å². The molecule has 2 aromatic carbocycles. The molecule has 0 heterocycles. The number of rotatable bonds is 10. The molecule has 0 spiro atoms. The molecule has 168 valence electrons. The predicted molar refractivity (Wildman–Crippen MR) is 123 cm³/mol. The molecule has 0 amide bonds. The van der Waals surface area contributed by atoms with Crippen LogP contribution < -0.4 is 11.5 Å². The van der Waals surface area contributed by atoms with Gasteiger partial charge in [0, 0.05) is 24.5 Å². The van der Waals surface area contributed by atoms with Crippen molar-refractivity contribution in [3.63, 3.8) is 0 Å². The van der Waals surface area contributed by atoms with E-state index in [9.17, 15) is 19.8 Å². The first-order valence-electron chi connectivity index (χ1n) is 10.1. The molecule has 0 radical (unpaired) electrons. The minimum atomic E-state index is -1.09. The zero-order chi connectivity index (χ0) is 23.3. The molecular weight excluding hydrogens is 396 g/mol. The summed E-state index contributed by atoms with van der Waals surface area (Å²) >= 11 is 0. The Labute approximate surface area is 183 Å². The molecule has 0 saturated heterocycles. The van der Waals surface area contributed by atoms with Gasteiger partial charge < -0.3 is 31.5 Å². The Morgan fingerprint density at radius 1 is 0.839 bits per heavy atom. The Balaban J connectivity index is 2.66. The van der Waals surface area contributed by atoms with Crippen LogP contribution in [0.4, 0.5) is 11.4 Å². The number of likely N-dealkylation sites (N-methyl/N-ethyl adjacent to an activating group) is 2. The van der Waals surface area contributed by atoms with E-state index in [1.165, 1.54) is 0 Å². The quantitative estimate of drug-likeness (QED) is 0.423. The highest BCUT2D eigenvalue weighted by atomic mass is 16.4. The van der Waals surface area contributed by atoms with Gasteiger partial charge in [-0.15, -0.1) is 0 Å². The highest BCUT2D eigenvalue weighted by molar-refractivity contribution is 5.96. The van der Waals surface area contributed by atoms with E-state index in [-0.39, 0.29) is 22.5 Å². The van der Waals surface area contributed by atoms with Crippen LogP contribution in [-0.2, 0) is 19.3 Å². The first kappa shape index (κ1) is 24.2. The summed E-state index contributed by atoms with van der Waals surface area (Å²) in [5.41, 5.74) is 15.9.